The number of hydrogen-bond acceptors (Lipinski definition) is 3. The minimum Gasteiger partial charge on any atom is -0.392 e. The first-order valence-electron chi connectivity index (χ1n) is 6.70. The Balaban J connectivity index is 2.02. The van der Waals surface area contributed by atoms with Crippen LogP contribution < -0.4 is 0 Å². The van der Waals surface area contributed by atoms with E-state index in [0.717, 1.165) is 31.6 Å². The highest BCUT2D eigenvalue weighted by molar-refractivity contribution is 4.95. The van der Waals surface area contributed by atoms with E-state index in [1.54, 1.807) is 6.33 Å². The van der Waals surface area contributed by atoms with Gasteiger partial charge in [0, 0.05) is 13.0 Å². The largest absolute Gasteiger partial charge is 0.392 e. The van der Waals surface area contributed by atoms with E-state index in [1.807, 2.05) is 4.68 Å². The lowest BCUT2D eigenvalue weighted by Crippen LogP contribution is -2.32. The van der Waals surface area contributed by atoms with E-state index in [4.69, 9.17) is 0 Å². The number of aryl methyl sites for hydroxylation is 1. The number of nitrogens with zero attached hydrogens (tertiary/aromatic N) is 3. The molecule has 1 unspecified atom stereocenters. The first kappa shape index (κ1) is 12.6. The average Bonchev–Trinajstić information content (AvgIpc) is 2.90. The second-order valence-electron chi connectivity index (χ2n) is 5.48. The minimum absolute atomic E-state index is 0.0863. The maximum atomic E-state index is 10.4. The number of aliphatic hydroxyl groups is 1. The molecule has 4 heteroatoms. The molecule has 1 fully saturated rings. The van der Waals surface area contributed by atoms with E-state index in [0.29, 0.717) is 6.42 Å². The summed E-state index contributed by atoms with van der Waals surface area (Å²) in [5.74, 6) is 0.924. The van der Waals surface area contributed by atoms with Gasteiger partial charge in [-0.2, -0.15) is 5.10 Å². The molecule has 0 bridgehead atoms. The number of aromatic nitrogens is 3. The third-order valence-electron chi connectivity index (χ3n) is 4.06. The summed E-state index contributed by atoms with van der Waals surface area (Å²) in [7, 11) is 0. The van der Waals surface area contributed by atoms with Gasteiger partial charge in [0.25, 0.3) is 0 Å². The Labute approximate surface area is 103 Å². The molecule has 0 aromatic carbocycles. The molecule has 0 amide bonds. The molecule has 17 heavy (non-hydrogen) atoms. The molecule has 0 saturated heterocycles. The summed E-state index contributed by atoms with van der Waals surface area (Å²) >= 11 is 0. The van der Waals surface area contributed by atoms with E-state index in [9.17, 15) is 5.11 Å². The third kappa shape index (κ3) is 2.68. The highest BCUT2D eigenvalue weighted by atomic mass is 16.3. The van der Waals surface area contributed by atoms with Gasteiger partial charge in [-0.1, -0.05) is 26.7 Å². The highest BCUT2D eigenvalue weighted by Gasteiger charge is 2.36. The molecule has 1 aromatic heterocycles. The molecule has 1 heterocycles. The Morgan fingerprint density at radius 1 is 1.47 bits per heavy atom. The molecule has 4 nitrogen and oxygen atoms in total. The van der Waals surface area contributed by atoms with E-state index >= 15 is 0 Å². The van der Waals surface area contributed by atoms with Crippen molar-refractivity contribution in [3.8, 4) is 0 Å². The van der Waals surface area contributed by atoms with Crippen LogP contribution in [0.1, 0.15) is 51.8 Å². The maximum absolute atomic E-state index is 10.4. The topological polar surface area (TPSA) is 50.9 Å². The van der Waals surface area contributed by atoms with Crippen LogP contribution in [0.3, 0.4) is 0 Å². The van der Waals surface area contributed by atoms with Crippen LogP contribution in [-0.4, -0.2) is 26.0 Å². The Hall–Kier alpha value is -0.900. The molecule has 1 saturated carbocycles. The van der Waals surface area contributed by atoms with Crippen LogP contribution >= 0.6 is 0 Å². The van der Waals surface area contributed by atoms with Gasteiger partial charge < -0.3 is 5.11 Å². The highest BCUT2D eigenvalue weighted by Crippen LogP contribution is 2.41. The zero-order chi connectivity index (χ0) is 12.3. The first-order chi connectivity index (χ1) is 8.15. The minimum atomic E-state index is -0.287. The normalized spacial score (nSPS) is 20.6. The molecule has 0 spiro atoms. The van der Waals surface area contributed by atoms with Crippen molar-refractivity contribution in [3.05, 3.63) is 12.2 Å². The van der Waals surface area contributed by atoms with Crippen molar-refractivity contribution in [1.29, 1.82) is 0 Å². The maximum Gasteiger partial charge on any atom is 0.138 e. The fourth-order valence-electron chi connectivity index (χ4n) is 2.78. The summed E-state index contributed by atoms with van der Waals surface area (Å²) < 4.78 is 1.92. The quantitative estimate of drug-likeness (QED) is 0.854. The van der Waals surface area contributed by atoms with Crippen LogP contribution in [0.5, 0.6) is 0 Å². The fraction of sp³-hybridized carbons (Fsp3) is 0.846. The smallest absolute Gasteiger partial charge is 0.138 e. The van der Waals surface area contributed by atoms with Crippen molar-refractivity contribution in [1.82, 2.24) is 14.8 Å². The molecule has 1 aliphatic rings. The van der Waals surface area contributed by atoms with Crippen LogP contribution in [-0.2, 0) is 13.0 Å². The van der Waals surface area contributed by atoms with Crippen molar-refractivity contribution >= 4 is 0 Å². The van der Waals surface area contributed by atoms with Gasteiger partial charge in [0.1, 0.15) is 12.2 Å². The van der Waals surface area contributed by atoms with E-state index in [2.05, 4.69) is 23.9 Å². The van der Waals surface area contributed by atoms with Crippen molar-refractivity contribution in [2.45, 2.75) is 65.0 Å². The Kier molecular flexibility index (Phi) is 3.82. The second kappa shape index (κ2) is 5.17. The lowest BCUT2D eigenvalue weighted by atomic mass is 9.81. The molecule has 0 aliphatic heterocycles. The Morgan fingerprint density at radius 3 is 2.82 bits per heavy atom. The predicted octanol–water partition coefficient (Wildman–Crippen LogP) is 2.17. The summed E-state index contributed by atoms with van der Waals surface area (Å²) in [5, 5.41) is 14.6. The monoisotopic (exact) mass is 237 g/mol. The van der Waals surface area contributed by atoms with Crippen LogP contribution in [0.15, 0.2) is 6.33 Å². The predicted molar refractivity (Wildman–Crippen MR) is 66.6 cm³/mol. The van der Waals surface area contributed by atoms with Gasteiger partial charge in [-0.05, 0) is 24.7 Å². The van der Waals surface area contributed by atoms with E-state index in [-0.39, 0.29) is 11.5 Å². The van der Waals surface area contributed by atoms with Gasteiger partial charge >= 0.3 is 0 Å². The molecule has 96 valence electrons. The molecular formula is C13H23N3O. The number of aliphatic hydroxyl groups excluding tert-OH is 1. The van der Waals surface area contributed by atoms with Gasteiger partial charge in [-0.25, -0.2) is 4.98 Å². The van der Waals surface area contributed by atoms with Crippen molar-refractivity contribution in [2.75, 3.05) is 0 Å². The second-order valence-corrected chi connectivity index (χ2v) is 5.48. The molecule has 1 N–H and O–H groups in total. The lowest BCUT2D eigenvalue weighted by molar-refractivity contribution is 0.0399. The number of hydrogen-bond donors (Lipinski definition) is 1. The van der Waals surface area contributed by atoms with Gasteiger partial charge in [-0.3, -0.25) is 4.68 Å². The standard InChI is InChI=1S/C13H23N3O/c1-3-8-16-12(14-10-15-16)9-11(17)13(2)6-4-5-7-13/h10-11,17H,3-9H2,1-2H3. The van der Waals surface area contributed by atoms with Gasteiger partial charge in [0.05, 0.1) is 6.10 Å². The Bertz CT molecular complexity index is 355. The molecule has 1 aromatic rings. The third-order valence-corrected chi connectivity index (χ3v) is 4.06. The van der Waals surface area contributed by atoms with Crippen LogP contribution in [0.25, 0.3) is 0 Å². The summed E-state index contributed by atoms with van der Waals surface area (Å²) in [4.78, 5) is 4.27. The van der Waals surface area contributed by atoms with Crippen molar-refractivity contribution in [3.63, 3.8) is 0 Å². The van der Waals surface area contributed by atoms with Crippen LogP contribution in [0.2, 0.25) is 0 Å². The SMILES string of the molecule is CCCn1ncnc1CC(O)C1(C)CCCC1. The van der Waals surface area contributed by atoms with Gasteiger partial charge in [0.15, 0.2) is 0 Å². The zero-order valence-electron chi connectivity index (χ0n) is 10.9. The first-order valence-corrected chi connectivity index (χ1v) is 6.70. The summed E-state index contributed by atoms with van der Waals surface area (Å²) in [6, 6.07) is 0. The van der Waals surface area contributed by atoms with E-state index < -0.39 is 0 Å². The molecule has 0 radical (unpaired) electrons. The lowest BCUT2D eigenvalue weighted by Gasteiger charge is -2.29. The molecule has 2 rings (SSSR count). The molecule has 1 aliphatic carbocycles. The summed E-state index contributed by atoms with van der Waals surface area (Å²) in [6.45, 7) is 5.21. The zero-order valence-corrected chi connectivity index (χ0v) is 10.9. The fourth-order valence-corrected chi connectivity index (χ4v) is 2.78. The summed E-state index contributed by atoms with van der Waals surface area (Å²) in [6.07, 6.45) is 7.75. The summed E-state index contributed by atoms with van der Waals surface area (Å²) in [5.41, 5.74) is 0.0863. The van der Waals surface area contributed by atoms with Crippen LogP contribution in [0.4, 0.5) is 0 Å². The van der Waals surface area contributed by atoms with Crippen molar-refractivity contribution in [2.24, 2.45) is 5.41 Å². The molecule has 1 atom stereocenters. The van der Waals surface area contributed by atoms with Crippen LogP contribution in [0, 0.1) is 5.41 Å². The van der Waals surface area contributed by atoms with E-state index in [1.165, 1.54) is 12.8 Å². The van der Waals surface area contributed by atoms with Gasteiger partial charge in [0.2, 0.25) is 0 Å². The molecular weight excluding hydrogens is 214 g/mol. The van der Waals surface area contributed by atoms with Crippen molar-refractivity contribution < 1.29 is 5.11 Å². The number of rotatable bonds is 5. The average molecular weight is 237 g/mol. The Morgan fingerprint density at radius 2 is 2.18 bits per heavy atom. The van der Waals surface area contributed by atoms with Gasteiger partial charge in [-0.15, -0.1) is 0 Å².